The molecule has 25 heavy (non-hydrogen) atoms. The van der Waals surface area contributed by atoms with E-state index in [1.54, 1.807) is 11.3 Å². The number of nitrogens with one attached hydrogen (secondary N) is 1. The number of carbonyl (C=O) groups is 1. The van der Waals surface area contributed by atoms with Crippen LogP contribution in [0.5, 0.6) is 0 Å². The average molecular weight is 354 g/mol. The highest BCUT2D eigenvalue weighted by Crippen LogP contribution is 2.37. The Kier molecular flexibility index (Phi) is 5.85. The molecule has 0 fully saturated rings. The van der Waals surface area contributed by atoms with E-state index in [1.807, 2.05) is 18.2 Å². The summed E-state index contributed by atoms with van der Waals surface area (Å²) in [5.74, 6) is -0.00777. The number of rotatable bonds is 6. The average Bonchev–Trinajstić information content (AvgIpc) is 2.99. The van der Waals surface area contributed by atoms with Gasteiger partial charge in [0.25, 0.3) is 0 Å². The molecular formula is C20H24N3OS+. The molecule has 0 aliphatic heterocycles. The molecule has 3 rings (SSSR count). The van der Waals surface area contributed by atoms with Gasteiger partial charge in [0.1, 0.15) is 17.1 Å². The highest BCUT2D eigenvalue weighted by atomic mass is 32.1. The van der Waals surface area contributed by atoms with Crippen LogP contribution in [0.3, 0.4) is 0 Å². The van der Waals surface area contributed by atoms with Crippen LogP contribution in [-0.4, -0.2) is 12.5 Å². The van der Waals surface area contributed by atoms with Crippen LogP contribution in [0.25, 0.3) is 0 Å². The fourth-order valence-corrected chi connectivity index (χ4v) is 4.57. The molecule has 1 aromatic heterocycles. The zero-order valence-corrected chi connectivity index (χ0v) is 15.4. The number of benzene rings is 1. The third-order valence-electron chi connectivity index (χ3n) is 4.75. The zero-order valence-electron chi connectivity index (χ0n) is 14.5. The molecule has 1 amide bonds. The summed E-state index contributed by atoms with van der Waals surface area (Å²) >= 11 is 1.59. The quantitative estimate of drug-likeness (QED) is 0.837. The number of carbonyl (C=O) groups excluding carboxylic acids is 1. The van der Waals surface area contributed by atoms with E-state index in [4.69, 9.17) is 0 Å². The van der Waals surface area contributed by atoms with Gasteiger partial charge in [0.05, 0.1) is 18.5 Å². The molecule has 0 radical (unpaired) electrons. The van der Waals surface area contributed by atoms with E-state index in [9.17, 15) is 10.1 Å². The molecule has 0 spiro atoms. The van der Waals surface area contributed by atoms with Gasteiger partial charge in [-0.2, -0.15) is 5.26 Å². The molecule has 0 saturated carbocycles. The predicted molar refractivity (Wildman–Crippen MR) is 101 cm³/mol. The highest BCUT2D eigenvalue weighted by Gasteiger charge is 2.21. The fraction of sp³-hybridized carbons (Fsp3) is 0.400. The molecule has 1 aromatic carbocycles. The van der Waals surface area contributed by atoms with Crippen LogP contribution in [0.4, 0.5) is 5.00 Å². The summed E-state index contributed by atoms with van der Waals surface area (Å²) in [4.78, 5) is 13.6. The van der Waals surface area contributed by atoms with Gasteiger partial charge in [0.15, 0.2) is 0 Å². The van der Waals surface area contributed by atoms with Crippen molar-refractivity contribution >= 4 is 22.2 Å². The first kappa shape index (κ1) is 17.7. The maximum Gasteiger partial charge on any atom is 0.230 e. The SMILES string of the molecule is C[C@@H]([NH2+]CCC(=O)Nc1sc2c(c1C#N)CCCC2)c1ccccc1. The fourth-order valence-electron chi connectivity index (χ4n) is 3.32. The summed E-state index contributed by atoms with van der Waals surface area (Å²) in [5, 5.41) is 15.3. The van der Waals surface area contributed by atoms with Crippen molar-refractivity contribution < 1.29 is 10.1 Å². The number of nitriles is 1. The molecule has 0 bridgehead atoms. The van der Waals surface area contributed by atoms with Gasteiger partial charge in [0, 0.05) is 10.4 Å². The van der Waals surface area contributed by atoms with Crippen LogP contribution in [0.1, 0.15) is 53.8 Å². The van der Waals surface area contributed by atoms with Gasteiger partial charge >= 0.3 is 0 Å². The molecule has 2 aromatic rings. The minimum Gasteiger partial charge on any atom is -0.340 e. The first-order valence-corrected chi connectivity index (χ1v) is 9.73. The van der Waals surface area contributed by atoms with Crippen LogP contribution >= 0.6 is 11.3 Å². The number of thiophene rings is 1. The summed E-state index contributed by atoms with van der Waals surface area (Å²) in [7, 11) is 0. The predicted octanol–water partition coefficient (Wildman–Crippen LogP) is 3.15. The van der Waals surface area contributed by atoms with Crippen molar-refractivity contribution in [2.45, 2.75) is 45.1 Å². The van der Waals surface area contributed by atoms with Crippen LogP contribution in [0.15, 0.2) is 30.3 Å². The second-order valence-corrected chi connectivity index (χ2v) is 7.65. The molecule has 5 heteroatoms. The summed E-state index contributed by atoms with van der Waals surface area (Å²) in [6.07, 6.45) is 4.76. The molecule has 4 nitrogen and oxygen atoms in total. The number of anilines is 1. The van der Waals surface area contributed by atoms with Crippen LogP contribution < -0.4 is 10.6 Å². The number of amides is 1. The number of hydrogen-bond acceptors (Lipinski definition) is 3. The van der Waals surface area contributed by atoms with Gasteiger partial charge in [-0.3, -0.25) is 4.79 Å². The van der Waals surface area contributed by atoms with Gasteiger partial charge < -0.3 is 10.6 Å². The Morgan fingerprint density at radius 1 is 1.32 bits per heavy atom. The van der Waals surface area contributed by atoms with Crippen molar-refractivity contribution in [1.29, 1.82) is 5.26 Å². The monoisotopic (exact) mass is 354 g/mol. The van der Waals surface area contributed by atoms with E-state index in [-0.39, 0.29) is 5.91 Å². The Morgan fingerprint density at radius 3 is 2.84 bits per heavy atom. The van der Waals surface area contributed by atoms with E-state index in [2.05, 4.69) is 35.8 Å². The topological polar surface area (TPSA) is 69.5 Å². The lowest BCUT2D eigenvalue weighted by Gasteiger charge is -2.11. The standard InChI is InChI=1S/C20H23N3OS/c1-14(15-7-3-2-4-8-15)22-12-11-19(24)23-20-17(13-21)16-9-5-6-10-18(16)25-20/h2-4,7-8,14,22H,5-6,9-12H2,1H3,(H,23,24)/p+1/t14-/m1/s1. The van der Waals surface area contributed by atoms with E-state index in [0.717, 1.165) is 30.8 Å². The van der Waals surface area contributed by atoms with E-state index in [0.29, 0.717) is 18.0 Å². The van der Waals surface area contributed by atoms with Crippen molar-refractivity contribution in [2.24, 2.45) is 0 Å². The molecule has 1 atom stereocenters. The lowest BCUT2D eigenvalue weighted by molar-refractivity contribution is -0.691. The van der Waals surface area contributed by atoms with Crippen molar-refractivity contribution in [1.82, 2.24) is 0 Å². The molecule has 0 unspecified atom stereocenters. The Morgan fingerprint density at radius 2 is 2.08 bits per heavy atom. The van der Waals surface area contributed by atoms with Gasteiger partial charge in [-0.15, -0.1) is 11.3 Å². The van der Waals surface area contributed by atoms with Crippen molar-refractivity contribution in [3.63, 3.8) is 0 Å². The first-order valence-electron chi connectivity index (χ1n) is 8.91. The summed E-state index contributed by atoms with van der Waals surface area (Å²) in [6, 6.07) is 12.9. The van der Waals surface area contributed by atoms with Crippen molar-refractivity contribution in [2.75, 3.05) is 11.9 Å². The first-order chi connectivity index (χ1) is 12.2. The van der Waals surface area contributed by atoms with Crippen molar-refractivity contribution in [3.05, 3.63) is 51.9 Å². The van der Waals surface area contributed by atoms with E-state index < -0.39 is 0 Å². The second-order valence-electron chi connectivity index (χ2n) is 6.55. The van der Waals surface area contributed by atoms with Gasteiger partial charge in [-0.1, -0.05) is 30.3 Å². The Bertz CT molecular complexity index is 776. The molecule has 1 aliphatic carbocycles. The second kappa shape index (κ2) is 8.28. The normalized spacial score (nSPS) is 14.4. The number of nitrogens with two attached hydrogens (primary N) is 1. The number of hydrogen-bond donors (Lipinski definition) is 2. The third-order valence-corrected chi connectivity index (χ3v) is 5.96. The Balaban J connectivity index is 1.53. The summed E-state index contributed by atoms with van der Waals surface area (Å²) in [6.45, 7) is 2.88. The van der Waals surface area contributed by atoms with Gasteiger partial charge in [-0.25, -0.2) is 0 Å². The van der Waals surface area contributed by atoms with E-state index >= 15 is 0 Å². The number of fused-ring (bicyclic) bond motifs is 1. The van der Waals surface area contributed by atoms with Gasteiger partial charge in [0.2, 0.25) is 5.91 Å². The molecule has 130 valence electrons. The number of nitrogens with zero attached hydrogens (tertiary/aromatic N) is 1. The summed E-state index contributed by atoms with van der Waals surface area (Å²) in [5.41, 5.74) is 3.12. The van der Waals surface area contributed by atoms with Crippen molar-refractivity contribution in [3.8, 4) is 6.07 Å². The smallest absolute Gasteiger partial charge is 0.230 e. The molecule has 0 saturated heterocycles. The molecule has 1 heterocycles. The third kappa shape index (κ3) is 4.28. The lowest BCUT2D eigenvalue weighted by Crippen LogP contribution is -2.85. The molecule has 3 N–H and O–H groups in total. The Labute approximate surface area is 152 Å². The Hall–Kier alpha value is -2.16. The number of quaternary nitrogens is 1. The summed E-state index contributed by atoms with van der Waals surface area (Å²) < 4.78 is 0. The number of aryl methyl sites for hydroxylation is 1. The maximum absolute atomic E-state index is 12.3. The largest absolute Gasteiger partial charge is 0.340 e. The van der Waals surface area contributed by atoms with Crippen LogP contribution in [0, 0.1) is 11.3 Å². The molecular weight excluding hydrogens is 330 g/mol. The zero-order chi connectivity index (χ0) is 17.6. The van der Waals surface area contributed by atoms with Gasteiger partial charge in [-0.05, 0) is 38.2 Å². The maximum atomic E-state index is 12.3. The minimum absolute atomic E-state index is 0.00777. The van der Waals surface area contributed by atoms with E-state index in [1.165, 1.54) is 22.4 Å². The molecule has 1 aliphatic rings. The highest BCUT2D eigenvalue weighted by molar-refractivity contribution is 7.16. The minimum atomic E-state index is -0.00777. The van der Waals surface area contributed by atoms with Crippen LogP contribution in [0.2, 0.25) is 0 Å². The lowest BCUT2D eigenvalue weighted by atomic mass is 9.96. The van der Waals surface area contributed by atoms with Crippen LogP contribution in [-0.2, 0) is 17.6 Å².